The van der Waals surface area contributed by atoms with Crippen molar-refractivity contribution in [1.29, 1.82) is 0 Å². The van der Waals surface area contributed by atoms with Gasteiger partial charge in [-0.15, -0.1) is 0 Å². The summed E-state index contributed by atoms with van der Waals surface area (Å²) in [6.07, 6.45) is 3.30. The van der Waals surface area contributed by atoms with Gasteiger partial charge in [-0.25, -0.2) is 0 Å². The molecular formula is C17H25N3O. The molecule has 1 heterocycles. The fourth-order valence-corrected chi connectivity index (χ4v) is 3.70. The number of para-hydroxylation sites is 1. The van der Waals surface area contributed by atoms with E-state index in [4.69, 9.17) is 5.73 Å². The van der Waals surface area contributed by atoms with Crippen molar-refractivity contribution >= 4 is 11.6 Å². The maximum absolute atomic E-state index is 12.7. The van der Waals surface area contributed by atoms with Crippen molar-refractivity contribution in [2.24, 2.45) is 17.6 Å². The highest BCUT2D eigenvalue weighted by atomic mass is 16.2. The summed E-state index contributed by atoms with van der Waals surface area (Å²) in [5, 5.41) is 0. The Morgan fingerprint density at radius 3 is 2.48 bits per heavy atom. The van der Waals surface area contributed by atoms with Gasteiger partial charge in [0.05, 0.1) is 0 Å². The van der Waals surface area contributed by atoms with E-state index in [1.807, 2.05) is 6.07 Å². The molecule has 1 aromatic rings. The van der Waals surface area contributed by atoms with E-state index in [0.717, 1.165) is 45.4 Å². The summed E-state index contributed by atoms with van der Waals surface area (Å²) in [4.78, 5) is 17.1. The lowest BCUT2D eigenvalue weighted by Gasteiger charge is -2.37. The van der Waals surface area contributed by atoms with Gasteiger partial charge in [-0.1, -0.05) is 24.6 Å². The molecule has 2 aliphatic rings. The third kappa shape index (κ3) is 3.05. The van der Waals surface area contributed by atoms with Crippen molar-refractivity contribution in [3.8, 4) is 0 Å². The van der Waals surface area contributed by atoms with E-state index in [1.165, 1.54) is 5.69 Å². The molecule has 1 aromatic carbocycles. The van der Waals surface area contributed by atoms with Crippen LogP contribution in [0, 0.1) is 11.8 Å². The zero-order chi connectivity index (χ0) is 14.7. The highest BCUT2D eigenvalue weighted by Gasteiger charge is 2.35. The number of rotatable bonds is 3. The third-order valence-corrected chi connectivity index (χ3v) is 4.99. The average molecular weight is 287 g/mol. The number of hydrogen-bond acceptors (Lipinski definition) is 3. The highest BCUT2D eigenvalue weighted by molar-refractivity contribution is 5.79. The van der Waals surface area contributed by atoms with Crippen molar-refractivity contribution in [2.75, 3.05) is 37.6 Å². The first-order valence-corrected chi connectivity index (χ1v) is 8.08. The number of anilines is 1. The first kappa shape index (κ1) is 14.4. The van der Waals surface area contributed by atoms with Crippen molar-refractivity contribution in [3.63, 3.8) is 0 Å². The van der Waals surface area contributed by atoms with Gasteiger partial charge in [0.2, 0.25) is 5.91 Å². The summed E-state index contributed by atoms with van der Waals surface area (Å²) >= 11 is 0. The molecule has 0 unspecified atom stereocenters. The van der Waals surface area contributed by atoms with Crippen molar-refractivity contribution in [1.82, 2.24) is 4.90 Å². The van der Waals surface area contributed by atoms with Gasteiger partial charge in [0.25, 0.3) is 0 Å². The zero-order valence-corrected chi connectivity index (χ0v) is 12.6. The fraction of sp³-hybridized carbons (Fsp3) is 0.588. The number of nitrogens with two attached hydrogens (primary N) is 1. The Labute approximate surface area is 126 Å². The van der Waals surface area contributed by atoms with Crippen LogP contribution in [-0.4, -0.2) is 43.5 Å². The van der Waals surface area contributed by atoms with E-state index in [0.29, 0.717) is 18.4 Å². The molecule has 2 fully saturated rings. The predicted molar refractivity (Wildman–Crippen MR) is 85.1 cm³/mol. The van der Waals surface area contributed by atoms with Crippen LogP contribution >= 0.6 is 0 Å². The largest absolute Gasteiger partial charge is 0.368 e. The lowest BCUT2D eigenvalue weighted by Crippen LogP contribution is -2.51. The Bertz CT molecular complexity index is 468. The third-order valence-electron chi connectivity index (χ3n) is 4.99. The number of carbonyl (C=O) groups is 1. The molecule has 114 valence electrons. The van der Waals surface area contributed by atoms with Gasteiger partial charge in [-0.05, 0) is 37.4 Å². The van der Waals surface area contributed by atoms with Crippen LogP contribution in [0.25, 0.3) is 0 Å². The maximum Gasteiger partial charge on any atom is 0.226 e. The molecule has 0 bridgehead atoms. The molecule has 0 aromatic heterocycles. The molecule has 1 aliphatic heterocycles. The first-order valence-electron chi connectivity index (χ1n) is 8.08. The lowest BCUT2D eigenvalue weighted by atomic mass is 9.94. The monoisotopic (exact) mass is 287 g/mol. The topological polar surface area (TPSA) is 49.6 Å². The number of nitrogens with zero attached hydrogens (tertiary/aromatic N) is 2. The minimum absolute atomic E-state index is 0.179. The van der Waals surface area contributed by atoms with Gasteiger partial charge in [0.1, 0.15) is 0 Å². The Hall–Kier alpha value is -1.55. The molecule has 1 saturated carbocycles. The van der Waals surface area contributed by atoms with Crippen LogP contribution in [0.15, 0.2) is 30.3 Å². The Morgan fingerprint density at radius 1 is 1.10 bits per heavy atom. The summed E-state index contributed by atoms with van der Waals surface area (Å²) in [6, 6.07) is 10.4. The number of piperazine rings is 1. The molecule has 4 nitrogen and oxygen atoms in total. The van der Waals surface area contributed by atoms with Gasteiger partial charge in [0.15, 0.2) is 0 Å². The molecule has 4 heteroatoms. The van der Waals surface area contributed by atoms with Gasteiger partial charge in [-0.2, -0.15) is 0 Å². The van der Waals surface area contributed by atoms with Gasteiger partial charge in [-0.3, -0.25) is 4.79 Å². The smallest absolute Gasteiger partial charge is 0.226 e. The highest BCUT2D eigenvalue weighted by Crippen LogP contribution is 2.32. The quantitative estimate of drug-likeness (QED) is 0.921. The summed E-state index contributed by atoms with van der Waals surface area (Å²) in [5.74, 6) is 0.929. The number of hydrogen-bond donors (Lipinski definition) is 1. The Balaban J connectivity index is 1.57. The molecule has 0 radical (unpaired) electrons. The van der Waals surface area contributed by atoms with E-state index in [9.17, 15) is 4.79 Å². The van der Waals surface area contributed by atoms with Crippen LogP contribution < -0.4 is 10.6 Å². The number of amides is 1. The number of benzene rings is 1. The zero-order valence-electron chi connectivity index (χ0n) is 12.6. The fourth-order valence-electron chi connectivity index (χ4n) is 3.70. The van der Waals surface area contributed by atoms with Gasteiger partial charge >= 0.3 is 0 Å². The molecule has 1 amide bonds. The Morgan fingerprint density at radius 2 is 1.81 bits per heavy atom. The van der Waals surface area contributed by atoms with Crippen LogP contribution in [0.1, 0.15) is 19.3 Å². The van der Waals surface area contributed by atoms with E-state index in [2.05, 4.69) is 34.1 Å². The molecule has 21 heavy (non-hydrogen) atoms. The molecule has 3 rings (SSSR count). The minimum atomic E-state index is 0.179. The normalized spacial score (nSPS) is 26.1. The van der Waals surface area contributed by atoms with Crippen molar-refractivity contribution < 1.29 is 4.79 Å². The van der Waals surface area contributed by atoms with E-state index in [-0.39, 0.29) is 5.92 Å². The first-order chi connectivity index (χ1) is 10.3. The molecule has 2 atom stereocenters. The second-order valence-electron chi connectivity index (χ2n) is 6.18. The van der Waals surface area contributed by atoms with Crippen molar-refractivity contribution in [3.05, 3.63) is 30.3 Å². The van der Waals surface area contributed by atoms with Gasteiger partial charge in [0, 0.05) is 37.8 Å². The summed E-state index contributed by atoms with van der Waals surface area (Å²) in [7, 11) is 0. The maximum atomic E-state index is 12.7. The minimum Gasteiger partial charge on any atom is -0.368 e. The molecule has 1 aliphatic carbocycles. The van der Waals surface area contributed by atoms with Crippen LogP contribution in [0.3, 0.4) is 0 Å². The van der Waals surface area contributed by atoms with Crippen molar-refractivity contribution in [2.45, 2.75) is 19.3 Å². The molecular weight excluding hydrogens is 262 g/mol. The van der Waals surface area contributed by atoms with Crippen LogP contribution in [0.2, 0.25) is 0 Å². The van der Waals surface area contributed by atoms with E-state index < -0.39 is 0 Å². The van der Waals surface area contributed by atoms with Gasteiger partial charge < -0.3 is 15.5 Å². The molecule has 2 N–H and O–H groups in total. The predicted octanol–water partition coefficient (Wildman–Crippen LogP) is 1.71. The average Bonchev–Trinajstić information content (AvgIpc) is 3.04. The summed E-state index contributed by atoms with van der Waals surface area (Å²) in [6.45, 7) is 4.18. The van der Waals surface area contributed by atoms with Crippen LogP contribution in [-0.2, 0) is 4.79 Å². The van der Waals surface area contributed by atoms with E-state index in [1.54, 1.807) is 0 Å². The second-order valence-corrected chi connectivity index (χ2v) is 6.18. The number of carbonyl (C=O) groups excluding carboxylic acids is 1. The van der Waals surface area contributed by atoms with Crippen LogP contribution in [0.5, 0.6) is 0 Å². The molecule has 1 saturated heterocycles. The second kappa shape index (κ2) is 6.48. The van der Waals surface area contributed by atoms with Crippen LogP contribution in [0.4, 0.5) is 5.69 Å². The van der Waals surface area contributed by atoms with E-state index >= 15 is 0 Å². The summed E-state index contributed by atoms with van der Waals surface area (Å²) < 4.78 is 0. The lowest BCUT2D eigenvalue weighted by molar-refractivity contribution is -0.136. The Kier molecular flexibility index (Phi) is 4.44. The standard InChI is InChI=1S/C17H25N3O/c18-13-14-5-4-8-16(14)17(21)20-11-9-19(10-12-20)15-6-2-1-3-7-15/h1-3,6-7,14,16H,4-5,8-13,18H2/t14-,16-/m1/s1. The SMILES string of the molecule is NC[C@H]1CCC[C@H]1C(=O)N1CCN(c2ccccc2)CC1. The molecule has 0 spiro atoms. The summed E-state index contributed by atoms with van der Waals surface area (Å²) in [5.41, 5.74) is 7.07.